The lowest BCUT2D eigenvalue weighted by atomic mass is 9.98. The summed E-state index contributed by atoms with van der Waals surface area (Å²) in [6.07, 6.45) is 2.44. The highest BCUT2D eigenvalue weighted by atomic mass is 35.5. The van der Waals surface area contributed by atoms with Crippen molar-refractivity contribution >= 4 is 17.6 Å². The van der Waals surface area contributed by atoms with Crippen LogP contribution in [-0.2, 0) is 9.53 Å². The van der Waals surface area contributed by atoms with E-state index in [9.17, 15) is 9.90 Å². The van der Waals surface area contributed by atoms with Gasteiger partial charge in [-0.1, -0.05) is 23.7 Å². The number of rotatable bonds is 7. The topological polar surface area (TPSA) is 58.6 Å². The summed E-state index contributed by atoms with van der Waals surface area (Å²) in [6.45, 7) is 0. The van der Waals surface area contributed by atoms with Crippen LogP contribution in [0.3, 0.4) is 0 Å². The zero-order valence-corrected chi connectivity index (χ0v) is 12.3. The summed E-state index contributed by atoms with van der Waals surface area (Å²) in [5.41, 5.74) is 0.803. The predicted molar refractivity (Wildman–Crippen MR) is 77.6 cm³/mol. The highest BCUT2D eigenvalue weighted by Gasteiger charge is 2.29. The fourth-order valence-corrected chi connectivity index (χ4v) is 2.28. The van der Waals surface area contributed by atoms with Gasteiger partial charge in [0, 0.05) is 23.5 Å². The van der Waals surface area contributed by atoms with Gasteiger partial charge >= 0.3 is 5.97 Å². The average molecular weight is 298 g/mol. The van der Waals surface area contributed by atoms with Crippen molar-refractivity contribution in [2.24, 2.45) is 0 Å². The lowest BCUT2D eigenvalue weighted by Gasteiger charge is -2.24. The van der Waals surface area contributed by atoms with Crippen LogP contribution >= 0.6 is 11.6 Å². The number of ether oxygens (including phenoxy) is 1. The summed E-state index contributed by atoms with van der Waals surface area (Å²) >= 11 is 5.85. The van der Waals surface area contributed by atoms with Gasteiger partial charge in [-0.25, -0.2) is 0 Å². The predicted octanol–water partition coefficient (Wildman–Crippen LogP) is 2.45. The molecule has 0 saturated heterocycles. The van der Waals surface area contributed by atoms with Crippen LogP contribution in [0.1, 0.15) is 37.4 Å². The largest absolute Gasteiger partial charge is 0.469 e. The number of methoxy groups -OCH3 is 1. The summed E-state index contributed by atoms with van der Waals surface area (Å²) in [4.78, 5) is 11.3. The Morgan fingerprint density at radius 1 is 1.45 bits per heavy atom. The number of carbonyl (C=O) groups excluding carboxylic acids is 1. The monoisotopic (exact) mass is 297 g/mol. The Hall–Kier alpha value is -1.10. The molecule has 0 amide bonds. The molecule has 4 nitrogen and oxygen atoms in total. The fourth-order valence-electron chi connectivity index (χ4n) is 2.15. The van der Waals surface area contributed by atoms with Crippen molar-refractivity contribution in [3.05, 3.63) is 34.9 Å². The van der Waals surface area contributed by atoms with Crippen LogP contribution in [0.4, 0.5) is 0 Å². The normalized spacial score (nSPS) is 17.6. The molecule has 0 spiro atoms. The molecule has 0 aromatic heterocycles. The average Bonchev–Trinajstić information content (AvgIpc) is 3.27. The van der Waals surface area contributed by atoms with Crippen LogP contribution in [0.2, 0.25) is 5.02 Å². The van der Waals surface area contributed by atoms with Crippen molar-refractivity contribution in [2.45, 2.75) is 43.9 Å². The van der Waals surface area contributed by atoms with Gasteiger partial charge in [0.2, 0.25) is 0 Å². The zero-order chi connectivity index (χ0) is 14.5. The molecule has 5 heteroatoms. The number of esters is 1. The van der Waals surface area contributed by atoms with Gasteiger partial charge in [-0.05, 0) is 37.0 Å². The third-order valence-electron chi connectivity index (χ3n) is 3.51. The quantitative estimate of drug-likeness (QED) is 0.759. The second kappa shape index (κ2) is 7.07. The van der Waals surface area contributed by atoms with E-state index >= 15 is 0 Å². The number of halogens is 1. The lowest BCUT2D eigenvalue weighted by molar-refractivity contribution is -0.141. The Morgan fingerprint density at radius 3 is 2.65 bits per heavy atom. The molecule has 2 unspecified atom stereocenters. The van der Waals surface area contributed by atoms with E-state index in [-0.39, 0.29) is 12.0 Å². The van der Waals surface area contributed by atoms with Crippen molar-refractivity contribution in [3.8, 4) is 0 Å². The van der Waals surface area contributed by atoms with Crippen molar-refractivity contribution in [1.29, 1.82) is 0 Å². The number of nitrogens with one attached hydrogen (secondary N) is 1. The highest BCUT2D eigenvalue weighted by molar-refractivity contribution is 6.30. The van der Waals surface area contributed by atoms with Crippen LogP contribution < -0.4 is 5.32 Å². The zero-order valence-electron chi connectivity index (χ0n) is 11.5. The summed E-state index contributed by atoms with van der Waals surface area (Å²) < 4.78 is 4.66. The lowest BCUT2D eigenvalue weighted by Crippen LogP contribution is -2.37. The minimum atomic E-state index is -0.655. The molecule has 110 valence electrons. The van der Waals surface area contributed by atoms with Gasteiger partial charge < -0.3 is 15.2 Å². The molecular formula is C15H20ClNO3. The van der Waals surface area contributed by atoms with E-state index in [0.29, 0.717) is 23.9 Å². The molecule has 1 fully saturated rings. The Morgan fingerprint density at radius 2 is 2.10 bits per heavy atom. The third kappa shape index (κ3) is 4.47. The van der Waals surface area contributed by atoms with Crippen LogP contribution in [0.15, 0.2) is 24.3 Å². The number of hydrogen-bond acceptors (Lipinski definition) is 4. The van der Waals surface area contributed by atoms with Crippen molar-refractivity contribution in [3.63, 3.8) is 0 Å². The molecule has 2 N–H and O–H groups in total. The molecule has 1 saturated carbocycles. The van der Waals surface area contributed by atoms with Gasteiger partial charge in [0.15, 0.2) is 0 Å². The van der Waals surface area contributed by atoms with Crippen molar-refractivity contribution in [2.75, 3.05) is 7.11 Å². The Balaban J connectivity index is 2.00. The molecule has 0 radical (unpaired) electrons. The standard InChI is InChI=1S/C15H20ClNO3/c1-20-14(18)9-8-13(17-12-6-7-12)15(19)10-2-4-11(16)5-3-10/h2-5,12-13,15,17,19H,6-9H2,1H3. The van der Waals surface area contributed by atoms with Crippen LogP contribution in [0.25, 0.3) is 0 Å². The molecule has 2 rings (SSSR count). The first-order valence-corrected chi connectivity index (χ1v) is 7.24. The van der Waals surface area contributed by atoms with Crippen molar-refractivity contribution < 1.29 is 14.6 Å². The molecule has 0 aliphatic heterocycles. The number of carbonyl (C=O) groups is 1. The van der Waals surface area contributed by atoms with E-state index in [0.717, 1.165) is 18.4 Å². The summed E-state index contributed by atoms with van der Waals surface area (Å²) in [5.74, 6) is -0.254. The molecule has 0 bridgehead atoms. The number of aliphatic hydroxyl groups excluding tert-OH is 1. The van der Waals surface area contributed by atoms with E-state index in [4.69, 9.17) is 11.6 Å². The SMILES string of the molecule is COC(=O)CCC(NC1CC1)C(O)c1ccc(Cl)cc1. The van der Waals surface area contributed by atoms with Gasteiger partial charge in [0.25, 0.3) is 0 Å². The van der Waals surface area contributed by atoms with E-state index in [1.54, 1.807) is 12.1 Å². The minimum absolute atomic E-state index is 0.150. The van der Waals surface area contributed by atoms with E-state index in [1.807, 2.05) is 12.1 Å². The van der Waals surface area contributed by atoms with Gasteiger partial charge in [-0.15, -0.1) is 0 Å². The molecule has 2 atom stereocenters. The number of hydrogen-bond donors (Lipinski definition) is 2. The van der Waals surface area contributed by atoms with Gasteiger partial charge in [-0.2, -0.15) is 0 Å². The summed E-state index contributed by atoms with van der Waals surface area (Å²) in [6, 6.07) is 7.45. The second-order valence-corrected chi connectivity index (χ2v) is 5.60. The molecule has 1 aromatic carbocycles. The van der Waals surface area contributed by atoms with Crippen LogP contribution in [0.5, 0.6) is 0 Å². The first-order valence-electron chi connectivity index (χ1n) is 6.86. The smallest absolute Gasteiger partial charge is 0.305 e. The van der Waals surface area contributed by atoms with Gasteiger partial charge in [0.05, 0.1) is 13.2 Å². The van der Waals surface area contributed by atoms with E-state index in [1.165, 1.54) is 7.11 Å². The minimum Gasteiger partial charge on any atom is -0.469 e. The van der Waals surface area contributed by atoms with Gasteiger partial charge in [0.1, 0.15) is 0 Å². The number of benzene rings is 1. The number of aliphatic hydroxyl groups is 1. The maximum Gasteiger partial charge on any atom is 0.305 e. The van der Waals surface area contributed by atoms with Gasteiger partial charge in [-0.3, -0.25) is 4.79 Å². The summed E-state index contributed by atoms with van der Waals surface area (Å²) in [5, 5.41) is 14.5. The maximum absolute atomic E-state index is 11.3. The van der Waals surface area contributed by atoms with E-state index in [2.05, 4.69) is 10.1 Å². The first kappa shape index (κ1) is 15.3. The highest BCUT2D eigenvalue weighted by Crippen LogP contribution is 2.26. The van der Waals surface area contributed by atoms with E-state index < -0.39 is 6.10 Å². The maximum atomic E-state index is 11.3. The fraction of sp³-hybridized carbons (Fsp3) is 0.533. The Bertz CT molecular complexity index is 445. The van der Waals surface area contributed by atoms with Crippen molar-refractivity contribution in [1.82, 2.24) is 5.32 Å². The van der Waals surface area contributed by atoms with Crippen LogP contribution in [0, 0.1) is 0 Å². The molecule has 1 aromatic rings. The van der Waals surface area contributed by atoms with Crippen LogP contribution in [-0.4, -0.2) is 30.3 Å². The Kier molecular flexibility index (Phi) is 5.40. The molecule has 1 aliphatic rings. The Labute approximate surface area is 124 Å². The molecular weight excluding hydrogens is 278 g/mol. The molecule has 1 aliphatic carbocycles. The molecule has 20 heavy (non-hydrogen) atoms. The summed E-state index contributed by atoms with van der Waals surface area (Å²) in [7, 11) is 1.38. The third-order valence-corrected chi connectivity index (χ3v) is 3.76. The second-order valence-electron chi connectivity index (χ2n) is 5.16. The first-order chi connectivity index (χ1) is 9.60. The molecule has 0 heterocycles.